The summed E-state index contributed by atoms with van der Waals surface area (Å²) >= 11 is 0. The Balaban J connectivity index is 1.60. The van der Waals surface area contributed by atoms with Gasteiger partial charge in [-0.15, -0.1) is 0 Å². The van der Waals surface area contributed by atoms with Crippen LogP contribution < -0.4 is 0 Å². The van der Waals surface area contributed by atoms with Crippen molar-refractivity contribution in [2.45, 2.75) is 44.6 Å². The summed E-state index contributed by atoms with van der Waals surface area (Å²) in [4.78, 5) is 16.7. The van der Waals surface area contributed by atoms with Gasteiger partial charge >= 0.3 is 0 Å². The monoisotopic (exact) mass is 316 g/mol. The molecule has 1 aliphatic carbocycles. The highest BCUT2D eigenvalue weighted by molar-refractivity contribution is 5.76. The first-order valence-electron chi connectivity index (χ1n) is 9.00. The van der Waals surface area contributed by atoms with Crippen LogP contribution in [0.4, 0.5) is 0 Å². The van der Waals surface area contributed by atoms with Crippen molar-refractivity contribution in [3.8, 4) is 0 Å². The number of likely N-dealkylation sites (tertiary alicyclic amines) is 1. The number of fused-ring (bicyclic) bond motifs is 1. The standard InChI is InChI=1S/C19H28N2O2/c22-15-14-20(13-10-19(23)21-11-4-1-5-12-21)18-9-8-16-6-2-3-7-17(16)18/h2-3,6-7,18,22H,1,4-5,8-15H2. The van der Waals surface area contributed by atoms with E-state index >= 15 is 0 Å². The van der Waals surface area contributed by atoms with Crippen molar-refractivity contribution < 1.29 is 9.90 Å². The molecule has 0 radical (unpaired) electrons. The second kappa shape index (κ2) is 7.93. The molecule has 1 aromatic carbocycles. The first kappa shape index (κ1) is 16.5. The molecule has 126 valence electrons. The van der Waals surface area contributed by atoms with Gasteiger partial charge < -0.3 is 10.0 Å². The molecule has 0 saturated carbocycles. The van der Waals surface area contributed by atoms with Gasteiger partial charge in [0.2, 0.25) is 5.91 Å². The number of nitrogens with zero attached hydrogens (tertiary/aromatic N) is 2. The Hall–Kier alpha value is -1.39. The van der Waals surface area contributed by atoms with Crippen molar-refractivity contribution >= 4 is 5.91 Å². The second-order valence-electron chi connectivity index (χ2n) is 6.70. The molecule has 1 N–H and O–H groups in total. The molecule has 0 spiro atoms. The van der Waals surface area contributed by atoms with E-state index in [9.17, 15) is 9.90 Å². The molecule has 4 heteroatoms. The van der Waals surface area contributed by atoms with Gasteiger partial charge in [-0.3, -0.25) is 9.69 Å². The summed E-state index contributed by atoms with van der Waals surface area (Å²) in [6.45, 7) is 3.38. The lowest BCUT2D eigenvalue weighted by atomic mass is 10.1. The number of aryl methyl sites for hydroxylation is 1. The number of aliphatic hydroxyl groups is 1. The largest absolute Gasteiger partial charge is 0.395 e. The molecule has 1 fully saturated rings. The Labute approximate surface area is 139 Å². The maximum Gasteiger partial charge on any atom is 0.223 e. The van der Waals surface area contributed by atoms with Crippen LogP contribution in [0.3, 0.4) is 0 Å². The van der Waals surface area contributed by atoms with Crippen LogP contribution in [0.15, 0.2) is 24.3 Å². The van der Waals surface area contributed by atoms with E-state index in [1.807, 2.05) is 4.90 Å². The number of amides is 1. The molecular formula is C19H28N2O2. The van der Waals surface area contributed by atoms with Crippen molar-refractivity contribution in [1.29, 1.82) is 0 Å². The Morgan fingerprint density at radius 1 is 1.17 bits per heavy atom. The molecule has 4 nitrogen and oxygen atoms in total. The average molecular weight is 316 g/mol. The van der Waals surface area contributed by atoms with Gasteiger partial charge in [0.05, 0.1) is 6.61 Å². The van der Waals surface area contributed by atoms with E-state index in [0.717, 1.165) is 45.3 Å². The fraction of sp³-hybridized carbons (Fsp3) is 0.632. The molecule has 1 atom stereocenters. The predicted molar refractivity (Wildman–Crippen MR) is 91.2 cm³/mol. The van der Waals surface area contributed by atoms with E-state index < -0.39 is 0 Å². The fourth-order valence-corrected chi connectivity index (χ4v) is 4.01. The number of aliphatic hydroxyl groups excluding tert-OH is 1. The van der Waals surface area contributed by atoms with Crippen LogP contribution in [0, 0.1) is 0 Å². The maximum atomic E-state index is 12.4. The van der Waals surface area contributed by atoms with Crippen molar-refractivity contribution in [3.05, 3.63) is 35.4 Å². The predicted octanol–water partition coefficient (Wildman–Crippen LogP) is 2.37. The number of carbonyl (C=O) groups excluding carboxylic acids is 1. The lowest BCUT2D eigenvalue weighted by Crippen LogP contribution is -2.39. The minimum Gasteiger partial charge on any atom is -0.395 e. The SMILES string of the molecule is O=C(CCN(CCO)C1CCc2ccccc21)N1CCCCC1. The summed E-state index contributed by atoms with van der Waals surface area (Å²) in [5.41, 5.74) is 2.80. The van der Waals surface area contributed by atoms with Crippen molar-refractivity contribution in [1.82, 2.24) is 9.80 Å². The molecule has 0 bridgehead atoms. The van der Waals surface area contributed by atoms with Crippen LogP contribution in [0.2, 0.25) is 0 Å². The summed E-state index contributed by atoms with van der Waals surface area (Å²) in [6, 6.07) is 8.94. The van der Waals surface area contributed by atoms with Crippen LogP contribution >= 0.6 is 0 Å². The van der Waals surface area contributed by atoms with Crippen molar-refractivity contribution in [2.75, 3.05) is 32.8 Å². The van der Waals surface area contributed by atoms with Crippen LogP contribution in [0.1, 0.15) is 49.3 Å². The highest BCUT2D eigenvalue weighted by Gasteiger charge is 2.28. The lowest BCUT2D eigenvalue weighted by Gasteiger charge is -2.31. The van der Waals surface area contributed by atoms with Crippen molar-refractivity contribution in [3.63, 3.8) is 0 Å². The quantitative estimate of drug-likeness (QED) is 0.876. The molecule has 1 amide bonds. The molecular weight excluding hydrogens is 288 g/mol. The van der Waals surface area contributed by atoms with E-state index in [2.05, 4.69) is 29.2 Å². The second-order valence-corrected chi connectivity index (χ2v) is 6.70. The smallest absolute Gasteiger partial charge is 0.223 e. The molecule has 1 aromatic rings. The average Bonchev–Trinajstić information content (AvgIpc) is 3.03. The lowest BCUT2D eigenvalue weighted by molar-refractivity contribution is -0.132. The first-order chi connectivity index (χ1) is 11.3. The van der Waals surface area contributed by atoms with E-state index in [1.54, 1.807) is 0 Å². The summed E-state index contributed by atoms with van der Waals surface area (Å²) in [5.74, 6) is 0.277. The molecule has 3 rings (SSSR count). The third-order valence-corrected chi connectivity index (χ3v) is 5.25. The zero-order valence-electron chi connectivity index (χ0n) is 13.9. The molecule has 0 aromatic heterocycles. The minimum absolute atomic E-state index is 0.149. The van der Waals surface area contributed by atoms with Gasteiger partial charge in [-0.25, -0.2) is 0 Å². The number of rotatable bonds is 6. The number of piperidine rings is 1. The Morgan fingerprint density at radius 3 is 2.74 bits per heavy atom. The highest BCUT2D eigenvalue weighted by atomic mass is 16.3. The fourth-order valence-electron chi connectivity index (χ4n) is 4.01. The van der Waals surface area contributed by atoms with E-state index in [1.165, 1.54) is 17.5 Å². The Kier molecular flexibility index (Phi) is 5.68. The number of hydrogen-bond donors (Lipinski definition) is 1. The van der Waals surface area contributed by atoms with Crippen LogP contribution in [0.5, 0.6) is 0 Å². The zero-order valence-corrected chi connectivity index (χ0v) is 13.9. The number of carbonyl (C=O) groups is 1. The number of hydrogen-bond acceptors (Lipinski definition) is 3. The zero-order chi connectivity index (χ0) is 16.1. The summed E-state index contributed by atoms with van der Waals surface area (Å²) in [7, 11) is 0. The third kappa shape index (κ3) is 3.93. The Morgan fingerprint density at radius 2 is 1.96 bits per heavy atom. The number of benzene rings is 1. The molecule has 1 saturated heterocycles. The van der Waals surface area contributed by atoms with Gasteiger partial charge in [0.15, 0.2) is 0 Å². The van der Waals surface area contributed by atoms with E-state index in [-0.39, 0.29) is 12.5 Å². The van der Waals surface area contributed by atoms with Crippen LogP contribution in [0.25, 0.3) is 0 Å². The third-order valence-electron chi connectivity index (χ3n) is 5.25. The van der Waals surface area contributed by atoms with Crippen molar-refractivity contribution in [2.24, 2.45) is 0 Å². The van der Waals surface area contributed by atoms with Crippen LogP contribution in [-0.4, -0.2) is 53.6 Å². The summed E-state index contributed by atoms with van der Waals surface area (Å²) in [6.07, 6.45) is 6.29. The summed E-state index contributed by atoms with van der Waals surface area (Å²) in [5, 5.41) is 9.42. The van der Waals surface area contributed by atoms with E-state index in [0.29, 0.717) is 19.0 Å². The first-order valence-corrected chi connectivity index (χ1v) is 9.00. The molecule has 2 aliphatic rings. The van der Waals surface area contributed by atoms with Gasteiger partial charge in [0, 0.05) is 38.6 Å². The minimum atomic E-state index is 0.149. The molecule has 1 unspecified atom stereocenters. The van der Waals surface area contributed by atoms with Gasteiger partial charge in [0.25, 0.3) is 0 Å². The van der Waals surface area contributed by atoms with Gasteiger partial charge in [-0.1, -0.05) is 24.3 Å². The van der Waals surface area contributed by atoms with Crippen LogP contribution in [-0.2, 0) is 11.2 Å². The normalized spacial score (nSPS) is 20.8. The molecule has 1 heterocycles. The summed E-state index contributed by atoms with van der Waals surface area (Å²) < 4.78 is 0. The Bertz CT molecular complexity index is 526. The van der Waals surface area contributed by atoms with Gasteiger partial charge in [-0.2, -0.15) is 0 Å². The topological polar surface area (TPSA) is 43.8 Å². The van der Waals surface area contributed by atoms with Gasteiger partial charge in [0.1, 0.15) is 0 Å². The molecule has 1 aliphatic heterocycles. The molecule has 23 heavy (non-hydrogen) atoms. The van der Waals surface area contributed by atoms with Gasteiger partial charge in [-0.05, 0) is 43.2 Å². The highest BCUT2D eigenvalue weighted by Crippen LogP contribution is 2.35. The maximum absolute atomic E-state index is 12.4. The van der Waals surface area contributed by atoms with E-state index in [4.69, 9.17) is 0 Å².